The number of anilines is 1. The summed E-state index contributed by atoms with van der Waals surface area (Å²) in [4.78, 5) is 25.1. The zero-order valence-corrected chi connectivity index (χ0v) is 18.6. The largest absolute Gasteiger partial charge is 0.296 e. The molecule has 0 spiro atoms. The average Bonchev–Trinajstić information content (AvgIpc) is 3.42. The minimum Gasteiger partial charge on any atom is -0.296 e. The molecule has 1 aliphatic heterocycles. The van der Waals surface area contributed by atoms with Crippen LogP contribution >= 0.6 is 11.3 Å². The number of carbonyl (C=O) groups is 2. The van der Waals surface area contributed by atoms with Gasteiger partial charge in [0.15, 0.2) is 0 Å². The number of sulfonamides is 1. The molecule has 1 N–H and O–H groups in total. The van der Waals surface area contributed by atoms with E-state index in [9.17, 15) is 18.0 Å². The molecule has 1 saturated carbocycles. The zero-order valence-electron chi connectivity index (χ0n) is 17.0. The van der Waals surface area contributed by atoms with Crippen LogP contribution in [0.2, 0.25) is 0 Å². The number of nitrogens with zero attached hydrogens (tertiary/aromatic N) is 3. The highest BCUT2D eigenvalue weighted by Crippen LogP contribution is 2.42. The molecule has 164 valence electrons. The molecule has 2 aliphatic rings. The van der Waals surface area contributed by atoms with Crippen LogP contribution in [0.3, 0.4) is 0 Å². The lowest BCUT2D eigenvalue weighted by Gasteiger charge is -2.17. The Bertz CT molecular complexity index is 1290. The number of hydrogen-bond acceptors (Lipinski definition) is 7. The van der Waals surface area contributed by atoms with E-state index >= 15 is 0 Å². The van der Waals surface area contributed by atoms with Gasteiger partial charge in [0, 0.05) is 30.4 Å². The van der Waals surface area contributed by atoms with Gasteiger partial charge < -0.3 is 0 Å². The summed E-state index contributed by atoms with van der Waals surface area (Å²) in [7, 11) is -4.08. The van der Waals surface area contributed by atoms with Crippen LogP contribution in [-0.4, -0.2) is 41.3 Å². The Labute approximate surface area is 189 Å². The van der Waals surface area contributed by atoms with Crippen molar-refractivity contribution < 1.29 is 18.0 Å². The first-order chi connectivity index (χ1) is 15.4. The number of carbonyl (C=O) groups excluding carboxylic acids is 2. The second kappa shape index (κ2) is 8.10. The molecule has 2 fully saturated rings. The van der Waals surface area contributed by atoms with E-state index in [0.29, 0.717) is 11.0 Å². The molecule has 0 radical (unpaired) electrons. The minimum absolute atomic E-state index is 0.0797. The van der Waals surface area contributed by atoms with Crippen molar-refractivity contribution in [1.29, 1.82) is 0 Å². The third-order valence-electron chi connectivity index (χ3n) is 5.63. The van der Waals surface area contributed by atoms with Gasteiger partial charge in [0.2, 0.25) is 11.0 Å². The van der Waals surface area contributed by atoms with Gasteiger partial charge in [-0.15, -0.1) is 10.2 Å². The molecule has 2 aromatic carbocycles. The molecule has 1 aliphatic carbocycles. The molecule has 3 aromatic rings. The fourth-order valence-corrected chi connectivity index (χ4v) is 6.14. The number of benzene rings is 2. The molecular weight excluding hydrogens is 448 g/mol. The normalized spacial score (nSPS) is 18.7. The molecule has 8 nitrogen and oxygen atoms in total. The summed E-state index contributed by atoms with van der Waals surface area (Å²) < 4.78 is 27.3. The monoisotopic (exact) mass is 468 g/mol. The number of amides is 2. The van der Waals surface area contributed by atoms with Crippen molar-refractivity contribution >= 4 is 38.3 Å². The number of rotatable bonds is 6. The fraction of sp³-hybridized carbons (Fsp3) is 0.273. The van der Waals surface area contributed by atoms with Crippen LogP contribution in [0.1, 0.15) is 52.0 Å². The summed E-state index contributed by atoms with van der Waals surface area (Å²) in [5.41, 5.74) is 1.09. The maximum atomic E-state index is 13.2. The molecule has 0 bridgehead atoms. The van der Waals surface area contributed by atoms with E-state index in [4.69, 9.17) is 0 Å². The smallest absolute Gasteiger partial charge is 0.266 e. The molecule has 5 rings (SSSR count). The topological polar surface area (TPSA) is 109 Å². The fourth-order valence-electron chi connectivity index (χ4n) is 3.73. The predicted octanol–water partition coefficient (Wildman–Crippen LogP) is 3.37. The molecule has 1 atom stereocenters. The first-order valence-corrected chi connectivity index (χ1v) is 12.5. The molecule has 1 aromatic heterocycles. The summed E-state index contributed by atoms with van der Waals surface area (Å²) in [6.07, 6.45) is 2.30. The Balaban J connectivity index is 1.34. The summed E-state index contributed by atoms with van der Waals surface area (Å²) >= 11 is 1.33. The van der Waals surface area contributed by atoms with Crippen LogP contribution in [0.25, 0.3) is 0 Å². The van der Waals surface area contributed by atoms with E-state index in [0.717, 1.165) is 27.7 Å². The average molecular weight is 469 g/mol. The highest BCUT2D eigenvalue weighted by atomic mass is 32.2. The zero-order chi connectivity index (χ0) is 22.3. The summed E-state index contributed by atoms with van der Waals surface area (Å²) in [5.74, 6) is -0.682. The quantitative estimate of drug-likeness (QED) is 0.594. The van der Waals surface area contributed by atoms with Crippen molar-refractivity contribution in [3.63, 3.8) is 0 Å². The maximum Gasteiger partial charge on any atom is 0.266 e. The third-order valence-corrected chi connectivity index (χ3v) is 8.41. The Morgan fingerprint density at radius 2 is 1.81 bits per heavy atom. The van der Waals surface area contributed by atoms with Crippen molar-refractivity contribution in [2.45, 2.75) is 36.0 Å². The van der Waals surface area contributed by atoms with Crippen molar-refractivity contribution in [1.82, 2.24) is 14.5 Å². The number of hydrogen-bond donors (Lipinski definition) is 1. The van der Waals surface area contributed by atoms with Crippen LogP contribution in [-0.2, 0) is 14.8 Å². The van der Waals surface area contributed by atoms with Crippen molar-refractivity contribution in [2.24, 2.45) is 0 Å². The third kappa shape index (κ3) is 4.03. The van der Waals surface area contributed by atoms with Gasteiger partial charge in [-0.1, -0.05) is 47.7 Å². The predicted molar refractivity (Wildman–Crippen MR) is 119 cm³/mol. The maximum absolute atomic E-state index is 13.2. The molecule has 0 unspecified atom stereocenters. The SMILES string of the molecule is O=C(Nc1nnc(C2CC2)s1)c1cccc(S(=O)(=O)N2C[C@@H](c3ccccc3)CC2=O)c1. The first kappa shape index (κ1) is 20.8. The molecule has 32 heavy (non-hydrogen) atoms. The lowest BCUT2D eigenvalue weighted by Crippen LogP contribution is -2.32. The molecule has 2 amide bonds. The van der Waals surface area contributed by atoms with Gasteiger partial charge in [0.1, 0.15) is 5.01 Å². The second-order valence-electron chi connectivity index (χ2n) is 7.94. The summed E-state index contributed by atoms with van der Waals surface area (Å²) in [6, 6.07) is 15.1. The van der Waals surface area contributed by atoms with E-state index in [2.05, 4.69) is 15.5 Å². The van der Waals surface area contributed by atoms with Crippen molar-refractivity contribution in [3.05, 3.63) is 70.7 Å². The second-order valence-corrected chi connectivity index (χ2v) is 10.8. The van der Waals surface area contributed by atoms with Crippen molar-refractivity contribution in [2.75, 3.05) is 11.9 Å². The minimum atomic E-state index is -4.08. The highest BCUT2D eigenvalue weighted by Gasteiger charge is 2.39. The van der Waals surface area contributed by atoms with E-state index in [1.165, 1.54) is 35.6 Å². The first-order valence-electron chi connectivity index (χ1n) is 10.3. The van der Waals surface area contributed by atoms with E-state index in [-0.39, 0.29) is 29.3 Å². The summed E-state index contributed by atoms with van der Waals surface area (Å²) in [5, 5.41) is 12.0. The molecule has 1 saturated heterocycles. The molecule has 10 heteroatoms. The number of aromatic nitrogens is 2. The van der Waals surface area contributed by atoms with Crippen molar-refractivity contribution in [3.8, 4) is 0 Å². The van der Waals surface area contributed by atoms with Gasteiger partial charge in [-0.2, -0.15) is 0 Å². The van der Waals surface area contributed by atoms with Gasteiger partial charge in [0.05, 0.1) is 4.90 Å². The van der Waals surface area contributed by atoms with Gasteiger partial charge in [-0.05, 0) is 36.6 Å². The van der Waals surface area contributed by atoms with Gasteiger partial charge in [-0.3, -0.25) is 14.9 Å². The highest BCUT2D eigenvalue weighted by molar-refractivity contribution is 7.89. The van der Waals surface area contributed by atoms with Crippen LogP contribution in [0.5, 0.6) is 0 Å². The van der Waals surface area contributed by atoms with Crippen LogP contribution in [0, 0.1) is 0 Å². The Hall–Kier alpha value is -3.11. The standard InChI is InChI=1S/C22H20N4O4S2/c27-19-12-17(14-5-2-1-3-6-14)13-26(19)32(29,30)18-8-4-7-16(11-18)20(28)23-22-25-24-21(31-22)15-9-10-15/h1-8,11,15,17H,9-10,12-13H2,(H,23,25,28)/t17-/m0/s1. The van der Waals surface area contributed by atoms with Gasteiger partial charge >= 0.3 is 0 Å². The number of nitrogens with one attached hydrogen (secondary N) is 1. The Morgan fingerprint density at radius 3 is 2.56 bits per heavy atom. The molecule has 2 heterocycles. The summed E-state index contributed by atoms with van der Waals surface area (Å²) in [6.45, 7) is 0.0797. The van der Waals surface area contributed by atoms with Gasteiger partial charge in [0.25, 0.3) is 15.9 Å². The van der Waals surface area contributed by atoms with E-state index in [1.807, 2.05) is 30.3 Å². The van der Waals surface area contributed by atoms with Gasteiger partial charge in [-0.25, -0.2) is 12.7 Å². The van der Waals surface area contributed by atoms with E-state index in [1.54, 1.807) is 0 Å². The molecular formula is C22H20N4O4S2. The Kier molecular flexibility index (Phi) is 5.26. The lowest BCUT2D eigenvalue weighted by atomic mass is 9.99. The Morgan fingerprint density at radius 1 is 1.03 bits per heavy atom. The van der Waals surface area contributed by atoms with E-state index < -0.39 is 21.8 Å². The lowest BCUT2D eigenvalue weighted by molar-refractivity contribution is -0.123. The van der Waals surface area contributed by atoms with Crippen LogP contribution < -0.4 is 5.32 Å². The van der Waals surface area contributed by atoms with Crippen LogP contribution in [0.15, 0.2) is 59.5 Å². The van der Waals surface area contributed by atoms with Crippen LogP contribution in [0.4, 0.5) is 5.13 Å².